The summed E-state index contributed by atoms with van der Waals surface area (Å²) in [7, 11) is 1.15. The molecule has 0 aromatic carbocycles. The van der Waals surface area contributed by atoms with Crippen molar-refractivity contribution in [2.24, 2.45) is 0 Å². The second-order valence-electron chi connectivity index (χ2n) is 18.5. The number of unbranched alkanes of at least 4 members (excludes halogenated alkanes) is 19. The second-order valence-corrected chi connectivity index (χ2v) is 19.9. The van der Waals surface area contributed by atoms with Crippen LogP contribution in [-0.4, -0.2) is 70.0 Å². The Morgan fingerprint density at radius 1 is 0.485 bits per heavy atom. The van der Waals surface area contributed by atoms with Crippen molar-refractivity contribution in [2.75, 3.05) is 47.5 Å². The molecule has 0 saturated heterocycles. The number of allylic oxidation sites excluding steroid dienone is 14. The maximum atomic E-state index is 12.8. The summed E-state index contributed by atoms with van der Waals surface area (Å²) in [5, 5.41) is 0. The van der Waals surface area contributed by atoms with Crippen molar-refractivity contribution in [3.63, 3.8) is 0 Å². The highest BCUT2D eigenvalue weighted by atomic mass is 31.2. The minimum atomic E-state index is -4.64. The Kier molecular flexibility index (Phi) is 45.3. The molecule has 0 fully saturated rings. The highest BCUT2D eigenvalue weighted by molar-refractivity contribution is 7.45. The molecule has 2 atom stereocenters. The SMILES string of the molecule is CC/C=C\C/C=C\C/C=C\C/C=C\C/C=C\CCCCCCCCCCCCCC(=O)OC(COC(=O)CCCCCCC/C=C\C/C=C\CCCCC)COP(=O)([O-])OCC[N+](C)(C)C. The average molecular weight is 944 g/mol. The molecule has 0 bridgehead atoms. The Labute approximate surface area is 405 Å². The van der Waals surface area contributed by atoms with E-state index in [0.29, 0.717) is 23.9 Å². The largest absolute Gasteiger partial charge is 0.756 e. The fourth-order valence-corrected chi connectivity index (χ4v) is 7.56. The van der Waals surface area contributed by atoms with Crippen LogP contribution in [0, 0.1) is 0 Å². The van der Waals surface area contributed by atoms with Crippen LogP contribution in [0.1, 0.15) is 206 Å². The van der Waals surface area contributed by atoms with Crippen LogP contribution in [0.2, 0.25) is 0 Å². The van der Waals surface area contributed by atoms with Crippen LogP contribution in [0.15, 0.2) is 85.1 Å². The summed E-state index contributed by atoms with van der Waals surface area (Å²) < 4.78 is 34.0. The first-order valence-electron chi connectivity index (χ1n) is 26.3. The smallest absolute Gasteiger partial charge is 0.306 e. The molecule has 380 valence electrons. The molecule has 0 spiro atoms. The molecule has 0 N–H and O–H groups in total. The van der Waals surface area contributed by atoms with E-state index in [0.717, 1.165) is 96.3 Å². The molecule has 0 saturated carbocycles. The molecule has 0 heterocycles. The van der Waals surface area contributed by atoms with Crippen LogP contribution in [0.25, 0.3) is 0 Å². The quantitative estimate of drug-likeness (QED) is 0.0195. The van der Waals surface area contributed by atoms with Gasteiger partial charge in [-0.25, -0.2) is 0 Å². The Balaban J connectivity index is 4.22. The highest BCUT2D eigenvalue weighted by Gasteiger charge is 2.21. The number of hydrogen-bond donors (Lipinski definition) is 0. The van der Waals surface area contributed by atoms with Gasteiger partial charge in [-0.1, -0.05) is 189 Å². The van der Waals surface area contributed by atoms with Crippen LogP contribution >= 0.6 is 7.82 Å². The topological polar surface area (TPSA) is 111 Å². The number of rotatable bonds is 47. The van der Waals surface area contributed by atoms with Crippen molar-refractivity contribution in [2.45, 2.75) is 213 Å². The molecule has 0 rings (SSSR count). The predicted octanol–water partition coefficient (Wildman–Crippen LogP) is 15.3. The fourth-order valence-electron chi connectivity index (χ4n) is 6.83. The van der Waals surface area contributed by atoms with Crippen molar-refractivity contribution < 1.29 is 42.1 Å². The lowest BCUT2D eigenvalue weighted by Gasteiger charge is -2.28. The monoisotopic (exact) mass is 944 g/mol. The van der Waals surface area contributed by atoms with Crippen LogP contribution in [-0.2, 0) is 32.7 Å². The number of quaternary nitrogens is 1. The Bertz CT molecular complexity index is 1390. The van der Waals surface area contributed by atoms with Crippen molar-refractivity contribution in [1.29, 1.82) is 0 Å². The summed E-state index contributed by atoms with van der Waals surface area (Å²) in [6.45, 7) is 4.07. The first-order chi connectivity index (χ1) is 32.0. The summed E-state index contributed by atoms with van der Waals surface area (Å²) in [5.74, 6) is -0.857. The van der Waals surface area contributed by atoms with Crippen molar-refractivity contribution >= 4 is 19.8 Å². The number of ether oxygens (including phenoxy) is 2. The van der Waals surface area contributed by atoms with Gasteiger partial charge in [0.15, 0.2) is 6.10 Å². The van der Waals surface area contributed by atoms with Crippen molar-refractivity contribution in [1.82, 2.24) is 0 Å². The van der Waals surface area contributed by atoms with E-state index in [4.69, 9.17) is 18.5 Å². The average Bonchev–Trinajstić information content (AvgIpc) is 3.27. The van der Waals surface area contributed by atoms with Crippen LogP contribution in [0.5, 0.6) is 0 Å². The zero-order chi connectivity index (χ0) is 48.5. The van der Waals surface area contributed by atoms with E-state index in [-0.39, 0.29) is 26.1 Å². The van der Waals surface area contributed by atoms with Gasteiger partial charge in [-0.05, 0) is 89.9 Å². The van der Waals surface area contributed by atoms with E-state index >= 15 is 0 Å². The summed E-state index contributed by atoms with van der Waals surface area (Å²) >= 11 is 0. The first-order valence-corrected chi connectivity index (χ1v) is 27.8. The number of phosphoric ester groups is 1. The van der Waals surface area contributed by atoms with Gasteiger partial charge in [0.1, 0.15) is 19.8 Å². The molecule has 0 radical (unpaired) electrons. The van der Waals surface area contributed by atoms with Gasteiger partial charge >= 0.3 is 11.9 Å². The summed E-state index contributed by atoms with van der Waals surface area (Å²) in [6.07, 6.45) is 61.8. The fraction of sp³-hybridized carbons (Fsp3) is 0.714. The summed E-state index contributed by atoms with van der Waals surface area (Å²) in [5.41, 5.74) is 0. The molecule has 66 heavy (non-hydrogen) atoms. The lowest BCUT2D eigenvalue weighted by molar-refractivity contribution is -0.870. The van der Waals surface area contributed by atoms with Crippen LogP contribution in [0.3, 0.4) is 0 Å². The van der Waals surface area contributed by atoms with Gasteiger partial charge < -0.3 is 27.9 Å². The maximum absolute atomic E-state index is 12.8. The van der Waals surface area contributed by atoms with Crippen LogP contribution in [0.4, 0.5) is 0 Å². The minimum absolute atomic E-state index is 0.0375. The third-order valence-corrected chi connectivity index (χ3v) is 11.9. The van der Waals surface area contributed by atoms with E-state index in [2.05, 4.69) is 98.9 Å². The molecule has 0 aromatic rings. The van der Waals surface area contributed by atoms with Gasteiger partial charge in [0.05, 0.1) is 27.7 Å². The standard InChI is InChI=1S/C56H98NO8P/c1-6-8-10-12-14-16-18-20-22-23-24-25-26-27-28-29-30-31-32-33-35-37-39-41-43-45-47-49-56(59)65-54(53-64-66(60,61)63-51-50-57(3,4)5)52-62-55(58)48-46-44-42-40-38-36-34-21-19-17-15-13-11-9-7-2/h8,10,14-17,20-22,24-25,27-28,34,54H,6-7,9,11-13,18-19,23,26,29-33,35-53H2,1-5H3/b10-8-,16-14-,17-15-,22-20-,25-24-,28-27-,34-21-. The van der Waals surface area contributed by atoms with E-state index in [1.165, 1.54) is 70.6 Å². The molecule has 0 aliphatic heterocycles. The minimum Gasteiger partial charge on any atom is -0.756 e. The number of carbonyl (C=O) groups excluding carboxylic acids is 2. The highest BCUT2D eigenvalue weighted by Crippen LogP contribution is 2.38. The Morgan fingerprint density at radius 2 is 0.864 bits per heavy atom. The molecule has 10 heteroatoms. The molecular formula is C56H98NO8P. The van der Waals surface area contributed by atoms with Crippen molar-refractivity contribution in [3.8, 4) is 0 Å². The van der Waals surface area contributed by atoms with E-state index < -0.39 is 32.5 Å². The molecule has 2 unspecified atom stereocenters. The molecule has 0 aliphatic rings. The van der Waals surface area contributed by atoms with Gasteiger partial charge in [0.25, 0.3) is 7.82 Å². The molecule has 0 amide bonds. The van der Waals surface area contributed by atoms with E-state index in [1.54, 1.807) is 0 Å². The van der Waals surface area contributed by atoms with Crippen molar-refractivity contribution in [3.05, 3.63) is 85.1 Å². The number of hydrogen-bond acceptors (Lipinski definition) is 8. The number of likely N-dealkylation sites (N-methyl/N-ethyl adjacent to an activating group) is 1. The van der Waals surface area contributed by atoms with E-state index in [9.17, 15) is 19.0 Å². The van der Waals surface area contributed by atoms with Gasteiger partial charge in [0, 0.05) is 12.8 Å². The van der Waals surface area contributed by atoms with Gasteiger partial charge in [-0.15, -0.1) is 0 Å². The summed E-state index contributed by atoms with van der Waals surface area (Å²) in [6, 6.07) is 0. The third-order valence-electron chi connectivity index (χ3n) is 10.9. The maximum Gasteiger partial charge on any atom is 0.306 e. The van der Waals surface area contributed by atoms with Gasteiger partial charge in [0.2, 0.25) is 0 Å². The Hall–Kier alpha value is -2.81. The first kappa shape index (κ1) is 63.2. The molecule has 0 aliphatic carbocycles. The predicted molar refractivity (Wildman–Crippen MR) is 277 cm³/mol. The number of nitrogens with zero attached hydrogens (tertiary/aromatic N) is 1. The number of carbonyl (C=O) groups is 2. The molecule has 9 nitrogen and oxygen atoms in total. The lowest BCUT2D eigenvalue weighted by atomic mass is 10.0. The Morgan fingerprint density at radius 3 is 1.29 bits per heavy atom. The van der Waals surface area contributed by atoms with Gasteiger partial charge in [-0.3, -0.25) is 14.2 Å². The molecular weight excluding hydrogens is 846 g/mol. The number of phosphoric acid groups is 1. The van der Waals surface area contributed by atoms with E-state index in [1.807, 2.05) is 21.1 Å². The van der Waals surface area contributed by atoms with Crippen LogP contribution < -0.4 is 4.89 Å². The summed E-state index contributed by atoms with van der Waals surface area (Å²) in [4.78, 5) is 37.7. The second kappa shape index (κ2) is 47.3. The third kappa shape index (κ3) is 50.6. The lowest BCUT2D eigenvalue weighted by Crippen LogP contribution is -2.37. The number of esters is 2. The zero-order valence-corrected chi connectivity index (χ0v) is 43.8. The normalized spacial score (nSPS) is 14.1. The molecule has 0 aromatic heterocycles. The van der Waals surface area contributed by atoms with Gasteiger partial charge in [-0.2, -0.15) is 0 Å². The zero-order valence-electron chi connectivity index (χ0n) is 42.9.